The molecule has 22 heavy (non-hydrogen) atoms. The van der Waals surface area contributed by atoms with Crippen LogP contribution in [0.1, 0.15) is 17.7 Å². The van der Waals surface area contributed by atoms with Crippen LogP contribution in [0, 0.1) is 0 Å². The number of hydrogen-bond acceptors (Lipinski definition) is 5. The van der Waals surface area contributed by atoms with Crippen molar-refractivity contribution in [1.82, 2.24) is 14.9 Å². The highest BCUT2D eigenvalue weighted by atomic mass is 32.1. The molecule has 1 atom stereocenters. The summed E-state index contributed by atoms with van der Waals surface area (Å²) in [6, 6.07) is 3.93. The molecule has 2 aromatic rings. The van der Waals surface area contributed by atoms with Gasteiger partial charge in [-0.15, -0.1) is 0 Å². The fourth-order valence-electron chi connectivity index (χ4n) is 2.58. The molecular weight excluding hydrogens is 298 g/mol. The van der Waals surface area contributed by atoms with E-state index in [9.17, 15) is 4.79 Å². The topological polar surface area (TPSA) is 55.3 Å². The van der Waals surface area contributed by atoms with Crippen molar-refractivity contribution in [2.45, 2.75) is 25.4 Å². The van der Waals surface area contributed by atoms with Gasteiger partial charge in [-0.2, -0.15) is 11.3 Å². The number of morpholine rings is 1. The number of aryl methyl sites for hydroxylation is 1. The normalized spacial score (nSPS) is 18.4. The standard InChI is InChI=1S/C16H19N3O2S/c20-16(9-13-4-8-22-11-13)19-6-7-21-15(10-19)2-1-14-3-5-17-12-18-14/h3-5,8,11-12,15H,1-2,6-7,9-10H2. The molecule has 0 N–H and O–H groups in total. The number of aromatic nitrogens is 2. The molecule has 6 heteroatoms. The Balaban J connectivity index is 1.49. The van der Waals surface area contributed by atoms with Gasteiger partial charge in [-0.1, -0.05) is 0 Å². The van der Waals surface area contributed by atoms with Gasteiger partial charge in [0.05, 0.1) is 19.1 Å². The number of rotatable bonds is 5. The van der Waals surface area contributed by atoms with E-state index in [-0.39, 0.29) is 12.0 Å². The number of carbonyl (C=O) groups is 1. The molecule has 3 rings (SSSR count). The van der Waals surface area contributed by atoms with Gasteiger partial charge in [-0.3, -0.25) is 4.79 Å². The van der Waals surface area contributed by atoms with Crippen molar-refractivity contribution in [3.8, 4) is 0 Å². The van der Waals surface area contributed by atoms with E-state index in [1.165, 1.54) is 0 Å². The number of nitrogens with zero attached hydrogens (tertiary/aromatic N) is 3. The first-order valence-electron chi connectivity index (χ1n) is 7.46. The van der Waals surface area contributed by atoms with Crippen molar-refractivity contribution < 1.29 is 9.53 Å². The zero-order chi connectivity index (χ0) is 15.2. The quantitative estimate of drug-likeness (QED) is 0.846. The molecule has 1 aliphatic heterocycles. The van der Waals surface area contributed by atoms with Gasteiger partial charge in [0.15, 0.2) is 0 Å². The van der Waals surface area contributed by atoms with Gasteiger partial charge in [-0.05, 0) is 41.3 Å². The van der Waals surface area contributed by atoms with Crippen LogP contribution in [0.5, 0.6) is 0 Å². The Kier molecular flexibility index (Phi) is 5.13. The molecule has 0 radical (unpaired) electrons. The molecule has 0 aliphatic carbocycles. The van der Waals surface area contributed by atoms with E-state index in [0.29, 0.717) is 26.1 Å². The van der Waals surface area contributed by atoms with Crippen LogP contribution in [0.25, 0.3) is 0 Å². The van der Waals surface area contributed by atoms with Crippen LogP contribution in [0.2, 0.25) is 0 Å². The molecule has 1 unspecified atom stereocenters. The van der Waals surface area contributed by atoms with Crippen molar-refractivity contribution >= 4 is 17.2 Å². The first-order chi connectivity index (χ1) is 10.8. The van der Waals surface area contributed by atoms with E-state index in [2.05, 4.69) is 9.97 Å². The van der Waals surface area contributed by atoms with Gasteiger partial charge in [0.25, 0.3) is 0 Å². The van der Waals surface area contributed by atoms with Crippen molar-refractivity contribution in [3.05, 3.63) is 46.7 Å². The lowest BCUT2D eigenvalue weighted by Crippen LogP contribution is -2.46. The van der Waals surface area contributed by atoms with E-state index in [4.69, 9.17) is 4.74 Å². The molecule has 0 aromatic carbocycles. The van der Waals surface area contributed by atoms with Gasteiger partial charge in [-0.25, -0.2) is 9.97 Å². The van der Waals surface area contributed by atoms with Gasteiger partial charge < -0.3 is 9.64 Å². The zero-order valence-electron chi connectivity index (χ0n) is 12.4. The van der Waals surface area contributed by atoms with Crippen LogP contribution in [0.4, 0.5) is 0 Å². The van der Waals surface area contributed by atoms with Gasteiger partial charge in [0, 0.05) is 25.0 Å². The molecule has 116 valence electrons. The predicted octanol–water partition coefficient (Wildman–Crippen LogP) is 1.94. The summed E-state index contributed by atoms with van der Waals surface area (Å²) in [5, 5.41) is 4.04. The van der Waals surface area contributed by atoms with Crippen LogP contribution in [0.3, 0.4) is 0 Å². The highest BCUT2D eigenvalue weighted by molar-refractivity contribution is 7.07. The van der Waals surface area contributed by atoms with Crippen LogP contribution in [0.15, 0.2) is 35.4 Å². The Labute approximate surface area is 134 Å². The Bertz CT molecular complexity index is 589. The Morgan fingerprint density at radius 2 is 2.41 bits per heavy atom. The Morgan fingerprint density at radius 1 is 1.45 bits per heavy atom. The number of amides is 1. The molecule has 0 spiro atoms. The Morgan fingerprint density at radius 3 is 3.18 bits per heavy atom. The maximum Gasteiger partial charge on any atom is 0.227 e. The predicted molar refractivity (Wildman–Crippen MR) is 84.7 cm³/mol. The fourth-order valence-corrected chi connectivity index (χ4v) is 3.24. The smallest absolute Gasteiger partial charge is 0.227 e. The van der Waals surface area contributed by atoms with E-state index in [1.54, 1.807) is 23.9 Å². The van der Waals surface area contributed by atoms with Gasteiger partial charge in [0.1, 0.15) is 6.33 Å². The van der Waals surface area contributed by atoms with Crippen molar-refractivity contribution in [1.29, 1.82) is 0 Å². The summed E-state index contributed by atoms with van der Waals surface area (Å²) < 4.78 is 5.78. The van der Waals surface area contributed by atoms with Crippen molar-refractivity contribution in [2.24, 2.45) is 0 Å². The summed E-state index contributed by atoms with van der Waals surface area (Å²) in [6.45, 7) is 1.98. The van der Waals surface area contributed by atoms with Crippen molar-refractivity contribution in [3.63, 3.8) is 0 Å². The van der Waals surface area contributed by atoms with Crippen molar-refractivity contribution in [2.75, 3.05) is 19.7 Å². The van der Waals surface area contributed by atoms with E-state index in [0.717, 1.165) is 24.1 Å². The third-order valence-electron chi connectivity index (χ3n) is 3.79. The highest BCUT2D eigenvalue weighted by Gasteiger charge is 2.24. The molecular formula is C16H19N3O2S. The minimum atomic E-state index is 0.0927. The van der Waals surface area contributed by atoms with E-state index < -0.39 is 0 Å². The summed E-state index contributed by atoms with van der Waals surface area (Å²) in [5.41, 5.74) is 2.11. The zero-order valence-corrected chi connectivity index (χ0v) is 13.2. The van der Waals surface area contributed by atoms with Crippen LogP contribution < -0.4 is 0 Å². The first kappa shape index (κ1) is 15.1. The number of carbonyl (C=O) groups excluding carboxylic acids is 1. The third-order valence-corrected chi connectivity index (χ3v) is 4.52. The summed E-state index contributed by atoms with van der Waals surface area (Å²) in [5.74, 6) is 0.189. The molecule has 1 amide bonds. The largest absolute Gasteiger partial charge is 0.375 e. The number of ether oxygens (including phenoxy) is 1. The third kappa shape index (κ3) is 4.11. The molecule has 1 saturated heterocycles. The maximum atomic E-state index is 12.3. The lowest BCUT2D eigenvalue weighted by molar-refractivity contribution is -0.138. The summed E-state index contributed by atoms with van der Waals surface area (Å²) in [6.07, 6.45) is 5.62. The number of thiophene rings is 1. The SMILES string of the molecule is O=C(Cc1ccsc1)N1CCOC(CCc2ccncn2)C1. The molecule has 5 nitrogen and oxygen atoms in total. The van der Waals surface area contributed by atoms with Gasteiger partial charge in [0.2, 0.25) is 5.91 Å². The van der Waals surface area contributed by atoms with Crippen LogP contribution in [-0.2, 0) is 22.4 Å². The molecule has 3 heterocycles. The van der Waals surface area contributed by atoms with E-state index >= 15 is 0 Å². The van der Waals surface area contributed by atoms with Crippen LogP contribution >= 0.6 is 11.3 Å². The monoisotopic (exact) mass is 317 g/mol. The average molecular weight is 317 g/mol. The highest BCUT2D eigenvalue weighted by Crippen LogP contribution is 2.14. The Hall–Kier alpha value is -1.79. The lowest BCUT2D eigenvalue weighted by Gasteiger charge is -2.33. The average Bonchev–Trinajstić information content (AvgIpc) is 3.07. The second-order valence-corrected chi connectivity index (χ2v) is 6.16. The van der Waals surface area contributed by atoms with Crippen LogP contribution in [-0.4, -0.2) is 46.6 Å². The molecule has 1 aliphatic rings. The summed E-state index contributed by atoms with van der Waals surface area (Å²) >= 11 is 1.63. The maximum absolute atomic E-state index is 12.3. The fraction of sp³-hybridized carbons (Fsp3) is 0.438. The molecule has 1 fully saturated rings. The second kappa shape index (κ2) is 7.47. The summed E-state index contributed by atoms with van der Waals surface area (Å²) in [7, 11) is 0. The molecule has 2 aromatic heterocycles. The molecule has 0 bridgehead atoms. The number of hydrogen-bond donors (Lipinski definition) is 0. The summed E-state index contributed by atoms with van der Waals surface area (Å²) in [4.78, 5) is 22.4. The lowest BCUT2D eigenvalue weighted by atomic mass is 10.1. The molecule has 0 saturated carbocycles. The first-order valence-corrected chi connectivity index (χ1v) is 8.41. The van der Waals surface area contributed by atoms with Gasteiger partial charge >= 0.3 is 0 Å². The minimum absolute atomic E-state index is 0.0927. The van der Waals surface area contributed by atoms with E-state index in [1.807, 2.05) is 27.8 Å². The minimum Gasteiger partial charge on any atom is -0.375 e. The second-order valence-electron chi connectivity index (χ2n) is 5.38.